The van der Waals surface area contributed by atoms with Gasteiger partial charge in [-0.1, -0.05) is 60.4 Å². The lowest BCUT2D eigenvalue weighted by atomic mass is 9.68. The maximum Gasteiger partial charge on any atom is 0.236 e. The van der Waals surface area contributed by atoms with Crippen molar-refractivity contribution in [1.82, 2.24) is 20.4 Å². The summed E-state index contributed by atoms with van der Waals surface area (Å²) in [6, 6.07) is 9.59. The molecule has 5 rings (SSSR count). The zero-order chi connectivity index (χ0) is 28.6. The van der Waals surface area contributed by atoms with E-state index in [1.54, 1.807) is 24.1 Å². The number of carbonyl (C=O) groups excluding carboxylic acids is 2. The van der Waals surface area contributed by atoms with E-state index in [2.05, 4.69) is 31.8 Å². The molecular weight excluding hydrogens is 569 g/mol. The van der Waals surface area contributed by atoms with Gasteiger partial charge in [-0.3, -0.25) is 19.8 Å². The number of Topliss-reactive ketones (excluding diaryl/α,β-unsaturated/α-hetero) is 1. The number of ketones is 1. The highest BCUT2D eigenvalue weighted by molar-refractivity contribution is 8.01. The van der Waals surface area contributed by atoms with Gasteiger partial charge in [-0.15, -0.1) is 20.4 Å². The summed E-state index contributed by atoms with van der Waals surface area (Å²) < 4.78 is 5.84. The van der Waals surface area contributed by atoms with Gasteiger partial charge in [0.15, 0.2) is 10.1 Å². The van der Waals surface area contributed by atoms with Crippen molar-refractivity contribution in [2.75, 3.05) is 23.1 Å². The molecule has 3 aromatic rings. The lowest BCUT2D eigenvalue weighted by Gasteiger charge is -2.42. The van der Waals surface area contributed by atoms with Crippen LogP contribution in [0, 0.1) is 23.7 Å². The number of nitrogens with one attached hydrogen (secondary N) is 1. The fourth-order valence-electron chi connectivity index (χ4n) is 4.84. The zero-order valence-electron chi connectivity index (χ0n) is 22.2. The van der Waals surface area contributed by atoms with Crippen LogP contribution in [-0.4, -0.2) is 44.9 Å². The van der Waals surface area contributed by atoms with Gasteiger partial charge >= 0.3 is 0 Å². The second-order valence-electron chi connectivity index (χ2n) is 10.1. The number of ether oxygens (including phenoxy) is 1. The molecule has 40 heavy (non-hydrogen) atoms. The summed E-state index contributed by atoms with van der Waals surface area (Å²) in [4.78, 5) is 27.7. The van der Waals surface area contributed by atoms with Gasteiger partial charge in [0.1, 0.15) is 16.6 Å². The number of nitriles is 1. The van der Waals surface area contributed by atoms with Crippen molar-refractivity contribution < 1.29 is 14.3 Å². The maximum absolute atomic E-state index is 13.7. The van der Waals surface area contributed by atoms with Gasteiger partial charge in [0.2, 0.25) is 16.2 Å². The molecule has 1 amide bonds. The van der Waals surface area contributed by atoms with Gasteiger partial charge in [0.25, 0.3) is 0 Å². The number of amides is 1. The van der Waals surface area contributed by atoms with Crippen molar-refractivity contribution in [3.05, 3.63) is 57.5 Å². The van der Waals surface area contributed by atoms with E-state index in [4.69, 9.17) is 10.5 Å². The summed E-state index contributed by atoms with van der Waals surface area (Å²) in [6.07, 6.45) is 0.914. The van der Waals surface area contributed by atoms with Gasteiger partial charge in [-0.05, 0) is 36.5 Å². The third-order valence-electron chi connectivity index (χ3n) is 6.52. The van der Waals surface area contributed by atoms with Gasteiger partial charge in [0.05, 0.1) is 30.4 Å². The quantitative estimate of drug-likeness (QED) is 0.374. The number of aromatic nitrogens is 4. The first-order chi connectivity index (χ1) is 19.1. The molecule has 1 aromatic carbocycles. The molecule has 14 heteroatoms. The zero-order valence-corrected chi connectivity index (χ0v) is 24.7. The summed E-state index contributed by atoms with van der Waals surface area (Å²) in [5.74, 6) is 0.118. The molecule has 1 atom stereocenters. The standard InChI is InChI=1S/C26H26N8O3S3/c1-13-30-31-23(39-13)29-19(36)12-38-25-33-32-24(40-25)34-17-9-26(2,3)10-18(35)21(17)20(16(11-27)22(34)28)14-5-7-15(37-4)8-6-14/h5-8,20H,9-10,12,28H2,1-4H3,(H,29,31,36). The first-order valence-electron chi connectivity index (χ1n) is 12.3. The molecule has 206 valence electrons. The van der Waals surface area contributed by atoms with Gasteiger partial charge in [-0.2, -0.15) is 5.26 Å². The minimum absolute atomic E-state index is 0.0278. The summed E-state index contributed by atoms with van der Waals surface area (Å²) >= 11 is 3.76. The number of benzene rings is 1. The molecule has 0 bridgehead atoms. The van der Waals surface area contributed by atoms with Crippen LogP contribution >= 0.6 is 34.4 Å². The predicted octanol–water partition coefficient (Wildman–Crippen LogP) is 4.38. The molecule has 11 nitrogen and oxygen atoms in total. The van der Waals surface area contributed by atoms with E-state index >= 15 is 0 Å². The fourth-order valence-corrected chi connectivity index (χ4v) is 7.13. The number of nitrogens with two attached hydrogens (primary N) is 1. The van der Waals surface area contributed by atoms with Crippen LogP contribution in [0.3, 0.4) is 0 Å². The first kappa shape index (κ1) is 27.8. The van der Waals surface area contributed by atoms with Crippen molar-refractivity contribution in [2.24, 2.45) is 11.1 Å². The van der Waals surface area contributed by atoms with E-state index in [-0.39, 0.29) is 34.3 Å². The Hall–Kier alpha value is -3.80. The van der Waals surface area contributed by atoms with Crippen LogP contribution in [0.2, 0.25) is 0 Å². The van der Waals surface area contributed by atoms with E-state index in [0.29, 0.717) is 38.8 Å². The maximum atomic E-state index is 13.7. The van der Waals surface area contributed by atoms with Crippen LogP contribution in [0.5, 0.6) is 5.75 Å². The van der Waals surface area contributed by atoms with E-state index in [0.717, 1.165) is 16.3 Å². The van der Waals surface area contributed by atoms with Crippen molar-refractivity contribution in [1.29, 1.82) is 5.26 Å². The summed E-state index contributed by atoms with van der Waals surface area (Å²) in [5, 5.41) is 31.0. The third-order valence-corrected chi connectivity index (χ3v) is 9.31. The largest absolute Gasteiger partial charge is 0.497 e. The monoisotopic (exact) mass is 594 g/mol. The molecule has 0 saturated heterocycles. The molecule has 3 N–H and O–H groups in total. The highest BCUT2D eigenvalue weighted by Crippen LogP contribution is 2.50. The van der Waals surface area contributed by atoms with Crippen LogP contribution in [0.1, 0.15) is 43.2 Å². The Morgan fingerprint density at radius 3 is 2.62 bits per heavy atom. The Morgan fingerprint density at radius 2 is 1.98 bits per heavy atom. The number of hydrogen-bond donors (Lipinski definition) is 2. The normalized spacial score (nSPS) is 18.4. The third kappa shape index (κ3) is 5.45. The minimum Gasteiger partial charge on any atom is -0.497 e. The molecule has 1 unspecified atom stereocenters. The molecular formula is C26H26N8O3S3. The van der Waals surface area contributed by atoms with Crippen molar-refractivity contribution in [3.63, 3.8) is 0 Å². The number of anilines is 2. The number of carbonyl (C=O) groups is 2. The summed E-state index contributed by atoms with van der Waals surface area (Å²) in [7, 11) is 1.58. The molecule has 2 aliphatic rings. The minimum atomic E-state index is -0.597. The van der Waals surface area contributed by atoms with Crippen molar-refractivity contribution in [3.8, 4) is 11.8 Å². The lowest BCUT2D eigenvalue weighted by molar-refractivity contribution is -0.118. The van der Waals surface area contributed by atoms with Gasteiger partial charge < -0.3 is 10.5 Å². The highest BCUT2D eigenvalue weighted by Gasteiger charge is 2.45. The summed E-state index contributed by atoms with van der Waals surface area (Å²) in [5.41, 5.74) is 8.69. The number of thioether (sulfide) groups is 1. The Balaban J connectivity index is 1.48. The van der Waals surface area contributed by atoms with Crippen LogP contribution in [0.4, 0.5) is 10.3 Å². The molecule has 1 aliphatic heterocycles. The van der Waals surface area contributed by atoms with E-state index in [1.807, 2.05) is 32.9 Å². The number of aryl methyl sites for hydroxylation is 1. The molecule has 2 aromatic heterocycles. The van der Waals surface area contributed by atoms with Crippen LogP contribution < -0.4 is 20.7 Å². The topological polar surface area (TPSA) is 160 Å². The molecule has 0 fully saturated rings. The Bertz CT molecular complexity index is 1580. The first-order valence-corrected chi connectivity index (χ1v) is 14.9. The molecule has 0 saturated carbocycles. The molecule has 0 spiro atoms. The average molecular weight is 595 g/mol. The lowest BCUT2D eigenvalue weighted by Crippen LogP contribution is -2.42. The van der Waals surface area contributed by atoms with E-state index in [9.17, 15) is 14.9 Å². The molecule has 0 radical (unpaired) electrons. The van der Waals surface area contributed by atoms with Crippen molar-refractivity contribution in [2.45, 2.75) is 43.9 Å². The second-order valence-corrected chi connectivity index (χ2v) is 13.4. The smallest absolute Gasteiger partial charge is 0.236 e. The predicted molar refractivity (Wildman–Crippen MR) is 154 cm³/mol. The van der Waals surface area contributed by atoms with E-state index < -0.39 is 5.92 Å². The van der Waals surface area contributed by atoms with Crippen molar-refractivity contribution >= 4 is 56.4 Å². The number of rotatable bonds is 7. The number of nitrogens with zero attached hydrogens (tertiary/aromatic N) is 6. The number of hydrogen-bond acceptors (Lipinski definition) is 13. The van der Waals surface area contributed by atoms with Gasteiger partial charge in [-0.25, -0.2) is 0 Å². The van der Waals surface area contributed by atoms with Gasteiger partial charge in [0, 0.05) is 17.7 Å². The second kappa shape index (κ2) is 11.0. The number of allylic oxidation sites excluding steroid dienone is 3. The average Bonchev–Trinajstić information content (AvgIpc) is 3.54. The summed E-state index contributed by atoms with van der Waals surface area (Å²) in [6.45, 7) is 5.88. The van der Waals surface area contributed by atoms with Crippen LogP contribution in [0.25, 0.3) is 0 Å². The molecule has 3 heterocycles. The Morgan fingerprint density at radius 1 is 1.23 bits per heavy atom. The Labute approximate surface area is 243 Å². The highest BCUT2D eigenvalue weighted by atomic mass is 32.2. The molecule has 1 aliphatic carbocycles. The number of methoxy groups -OCH3 is 1. The Kier molecular flexibility index (Phi) is 7.63. The SMILES string of the molecule is COc1ccc(C2C(C#N)=C(N)N(c3nnc(SCC(=O)Nc4nnc(C)s4)s3)C3=C2C(=O)CC(C)(C)C3)cc1. The fraction of sp³-hybridized carbons (Fsp3) is 0.346. The van der Waals surface area contributed by atoms with Crippen LogP contribution in [0.15, 0.2) is 51.3 Å². The van der Waals surface area contributed by atoms with E-state index in [1.165, 1.54) is 34.4 Å². The van der Waals surface area contributed by atoms with Crippen LogP contribution in [-0.2, 0) is 9.59 Å².